The van der Waals surface area contributed by atoms with Gasteiger partial charge in [-0.15, -0.1) is 0 Å². The van der Waals surface area contributed by atoms with Gasteiger partial charge in [0, 0.05) is 49.2 Å². The summed E-state index contributed by atoms with van der Waals surface area (Å²) in [5.41, 5.74) is 4.49. The highest BCUT2D eigenvalue weighted by atomic mass is 16.5. The average Bonchev–Trinajstić information content (AvgIpc) is 3.25. The summed E-state index contributed by atoms with van der Waals surface area (Å²) in [7, 11) is 4.95. The van der Waals surface area contributed by atoms with Crippen LogP contribution in [0.1, 0.15) is 32.1 Å². The summed E-state index contributed by atoms with van der Waals surface area (Å²) >= 11 is 0. The van der Waals surface area contributed by atoms with Gasteiger partial charge in [0.15, 0.2) is 0 Å². The van der Waals surface area contributed by atoms with E-state index in [1.807, 2.05) is 38.4 Å². The lowest BCUT2D eigenvalue weighted by Crippen LogP contribution is -2.26. The van der Waals surface area contributed by atoms with E-state index in [1.54, 1.807) is 35.0 Å². The Labute approximate surface area is 157 Å². The number of amides is 1. The number of nitrogens with zero attached hydrogens (tertiary/aromatic N) is 3. The smallest absolute Gasteiger partial charge is 0.354 e. The van der Waals surface area contributed by atoms with Crippen molar-refractivity contribution in [2.24, 2.45) is 7.05 Å². The third kappa shape index (κ3) is 3.92. The Morgan fingerprint density at radius 3 is 2.74 bits per heavy atom. The number of ether oxygens (including phenoxy) is 1. The van der Waals surface area contributed by atoms with Gasteiger partial charge in [-0.2, -0.15) is 5.10 Å². The van der Waals surface area contributed by atoms with Crippen LogP contribution in [0.3, 0.4) is 0 Å². The summed E-state index contributed by atoms with van der Waals surface area (Å²) in [6.45, 7) is 2.36. The van der Waals surface area contributed by atoms with Crippen molar-refractivity contribution in [1.29, 1.82) is 0 Å². The van der Waals surface area contributed by atoms with Crippen molar-refractivity contribution in [1.82, 2.24) is 19.7 Å². The summed E-state index contributed by atoms with van der Waals surface area (Å²) in [6.07, 6.45) is 3.63. The zero-order valence-corrected chi connectivity index (χ0v) is 15.8. The van der Waals surface area contributed by atoms with E-state index in [1.165, 1.54) is 7.11 Å². The lowest BCUT2D eigenvalue weighted by Gasteiger charge is -2.16. The minimum absolute atomic E-state index is 0.0814. The van der Waals surface area contributed by atoms with Gasteiger partial charge >= 0.3 is 5.97 Å². The number of rotatable bonds is 5. The second kappa shape index (κ2) is 7.49. The molecule has 0 spiro atoms. The molecule has 0 unspecified atom stereocenters. The number of hydrogen-bond acceptors (Lipinski definition) is 4. The molecule has 0 saturated heterocycles. The molecule has 0 saturated carbocycles. The number of nitrogens with one attached hydrogen (secondary N) is 1. The second-order valence-electron chi connectivity index (χ2n) is 6.48. The predicted molar refractivity (Wildman–Crippen MR) is 101 cm³/mol. The Morgan fingerprint density at radius 1 is 1.30 bits per heavy atom. The molecular weight excluding hydrogens is 344 g/mol. The van der Waals surface area contributed by atoms with E-state index in [9.17, 15) is 9.59 Å². The average molecular weight is 366 g/mol. The van der Waals surface area contributed by atoms with Crippen LogP contribution in [0.25, 0.3) is 11.1 Å². The van der Waals surface area contributed by atoms with Crippen molar-refractivity contribution >= 4 is 11.9 Å². The minimum atomic E-state index is -0.423. The van der Waals surface area contributed by atoms with Gasteiger partial charge in [0.1, 0.15) is 5.69 Å². The molecule has 0 bridgehead atoms. The fraction of sp³-hybridized carbons (Fsp3) is 0.250. The highest BCUT2D eigenvalue weighted by Crippen LogP contribution is 2.26. The Bertz CT molecular complexity index is 987. The molecule has 0 aliphatic heterocycles. The number of carbonyl (C=O) groups excluding carboxylic acids is 2. The summed E-state index contributed by atoms with van der Waals surface area (Å²) in [5, 5.41) is 4.13. The molecule has 3 rings (SSSR count). The largest absolute Gasteiger partial charge is 0.464 e. The Hall–Kier alpha value is -3.35. The van der Waals surface area contributed by atoms with E-state index in [2.05, 4.69) is 10.1 Å². The van der Waals surface area contributed by atoms with Gasteiger partial charge < -0.3 is 14.6 Å². The standard InChI is InChI=1S/C20H22N4O3/c1-13-17(9-18(22-13)20(26)27-4)15-6-5-7-16(8-15)19(25)23(2)11-14-10-21-24(3)12-14/h5-10,12,22H,11H2,1-4H3. The fourth-order valence-electron chi connectivity index (χ4n) is 3.02. The van der Waals surface area contributed by atoms with Gasteiger partial charge in [-0.25, -0.2) is 4.79 Å². The molecule has 3 aromatic rings. The van der Waals surface area contributed by atoms with E-state index in [-0.39, 0.29) is 5.91 Å². The first-order chi connectivity index (χ1) is 12.9. The van der Waals surface area contributed by atoms with Crippen molar-refractivity contribution in [2.45, 2.75) is 13.5 Å². The van der Waals surface area contributed by atoms with Crippen LogP contribution >= 0.6 is 0 Å². The normalized spacial score (nSPS) is 10.7. The summed E-state index contributed by atoms with van der Waals surface area (Å²) in [6, 6.07) is 9.11. The molecule has 0 fully saturated rings. The molecule has 2 heterocycles. The molecule has 140 valence electrons. The van der Waals surface area contributed by atoms with Gasteiger partial charge in [-0.05, 0) is 30.7 Å². The van der Waals surface area contributed by atoms with Crippen molar-refractivity contribution in [3.05, 3.63) is 65.2 Å². The maximum atomic E-state index is 12.8. The molecule has 7 nitrogen and oxygen atoms in total. The van der Waals surface area contributed by atoms with Gasteiger partial charge in [0.05, 0.1) is 13.3 Å². The minimum Gasteiger partial charge on any atom is -0.464 e. The number of methoxy groups -OCH3 is 1. The summed E-state index contributed by atoms with van der Waals surface area (Å²) < 4.78 is 6.46. The van der Waals surface area contributed by atoms with E-state index in [0.717, 1.165) is 22.4 Å². The monoisotopic (exact) mass is 366 g/mol. The highest BCUT2D eigenvalue weighted by molar-refractivity contribution is 5.96. The van der Waals surface area contributed by atoms with Crippen LogP contribution in [0.2, 0.25) is 0 Å². The molecule has 7 heteroatoms. The van der Waals surface area contributed by atoms with Crippen LogP contribution in [0.5, 0.6) is 0 Å². The number of carbonyl (C=O) groups is 2. The van der Waals surface area contributed by atoms with Crippen molar-refractivity contribution < 1.29 is 14.3 Å². The lowest BCUT2D eigenvalue weighted by molar-refractivity contribution is 0.0594. The van der Waals surface area contributed by atoms with Gasteiger partial charge in [0.25, 0.3) is 5.91 Å². The van der Waals surface area contributed by atoms with Crippen molar-refractivity contribution in [2.75, 3.05) is 14.2 Å². The third-order valence-corrected chi connectivity index (χ3v) is 4.37. The third-order valence-electron chi connectivity index (χ3n) is 4.37. The molecule has 0 atom stereocenters. The van der Waals surface area contributed by atoms with E-state index < -0.39 is 5.97 Å². The van der Waals surface area contributed by atoms with E-state index in [4.69, 9.17) is 4.74 Å². The maximum Gasteiger partial charge on any atom is 0.354 e. The molecule has 0 radical (unpaired) electrons. The summed E-state index contributed by atoms with van der Waals surface area (Å²) in [5.74, 6) is -0.505. The number of aromatic nitrogens is 3. The molecule has 0 aliphatic carbocycles. The van der Waals surface area contributed by atoms with Crippen LogP contribution in [0.15, 0.2) is 42.7 Å². The lowest BCUT2D eigenvalue weighted by atomic mass is 10.0. The van der Waals surface area contributed by atoms with Crippen LogP contribution in [-0.2, 0) is 18.3 Å². The first-order valence-electron chi connectivity index (χ1n) is 8.50. The first-order valence-corrected chi connectivity index (χ1v) is 8.50. The molecule has 1 aromatic carbocycles. The Kier molecular flexibility index (Phi) is 5.12. The van der Waals surface area contributed by atoms with E-state index >= 15 is 0 Å². The van der Waals surface area contributed by atoms with Crippen molar-refractivity contribution in [3.8, 4) is 11.1 Å². The number of benzene rings is 1. The van der Waals surface area contributed by atoms with Crippen LogP contribution < -0.4 is 0 Å². The molecular formula is C20H22N4O3. The zero-order valence-electron chi connectivity index (χ0n) is 15.8. The molecule has 1 amide bonds. The number of aryl methyl sites for hydroxylation is 2. The number of H-pyrrole nitrogens is 1. The molecule has 27 heavy (non-hydrogen) atoms. The van der Waals surface area contributed by atoms with Crippen LogP contribution in [0.4, 0.5) is 0 Å². The number of hydrogen-bond donors (Lipinski definition) is 1. The van der Waals surface area contributed by atoms with Crippen LogP contribution in [-0.4, -0.2) is 45.7 Å². The number of esters is 1. The van der Waals surface area contributed by atoms with Gasteiger partial charge in [-0.3, -0.25) is 9.48 Å². The molecule has 1 N–H and O–H groups in total. The van der Waals surface area contributed by atoms with Gasteiger partial charge in [-0.1, -0.05) is 12.1 Å². The molecule has 0 aliphatic rings. The van der Waals surface area contributed by atoms with Crippen LogP contribution in [0, 0.1) is 6.92 Å². The first kappa shape index (κ1) is 18.4. The maximum absolute atomic E-state index is 12.8. The quantitative estimate of drug-likeness (QED) is 0.704. The molecule has 2 aromatic heterocycles. The van der Waals surface area contributed by atoms with E-state index in [0.29, 0.717) is 17.8 Å². The Morgan fingerprint density at radius 2 is 2.07 bits per heavy atom. The van der Waals surface area contributed by atoms with Crippen molar-refractivity contribution in [3.63, 3.8) is 0 Å². The predicted octanol–water partition coefficient (Wildman–Crippen LogP) is 2.78. The fourth-order valence-corrected chi connectivity index (χ4v) is 3.02. The Balaban J connectivity index is 1.84. The summed E-state index contributed by atoms with van der Waals surface area (Å²) in [4.78, 5) is 29.2. The number of aromatic amines is 1. The second-order valence-corrected chi connectivity index (χ2v) is 6.48. The van der Waals surface area contributed by atoms with Gasteiger partial charge in [0.2, 0.25) is 0 Å². The highest BCUT2D eigenvalue weighted by Gasteiger charge is 2.16. The zero-order chi connectivity index (χ0) is 19.6. The SMILES string of the molecule is COC(=O)c1cc(-c2cccc(C(=O)N(C)Cc3cnn(C)c3)c2)c(C)[nH]1. The topological polar surface area (TPSA) is 80.2 Å².